The van der Waals surface area contributed by atoms with Crippen LogP contribution in [0.25, 0.3) is 0 Å². The molecule has 0 unspecified atom stereocenters. The van der Waals surface area contributed by atoms with Gasteiger partial charge in [0, 0.05) is 13.0 Å². The molecule has 0 aromatic heterocycles. The standard InChI is InChI=1S/C10H20N2O3/c1-2-12-9(13)8-11-7-5-3-4-6-10(14)15/h11H,2-8H2,1H3,(H,12,13)(H,14,15). The largest absolute Gasteiger partial charge is 0.481 e. The molecule has 0 rings (SSSR count). The van der Waals surface area contributed by atoms with E-state index in [0.717, 1.165) is 19.4 Å². The quantitative estimate of drug-likeness (QED) is 0.486. The first-order chi connectivity index (χ1) is 7.16. The van der Waals surface area contributed by atoms with Crippen molar-refractivity contribution in [2.24, 2.45) is 0 Å². The Balaban J connectivity index is 3.11. The lowest BCUT2D eigenvalue weighted by Crippen LogP contribution is -2.34. The monoisotopic (exact) mass is 216 g/mol. The minimum atomic E-state index is -0.745. The lowest BCUT2D eigenvalue weighted by Gasteiger charge is -2.04. The van der Waals surface area contributed by atoms with Crippen molar-refractivity contribution in [3.05, 3.63) is 0 Å². The Labute approximate surface area is 90.2 Å². The number of carboxylic acid groups (broad SMARTS) is 1. The smallest absolute Gasteiger partial charge is 0.303 e. The van der Waals surface area contributed by atoms with Crippen molar-refractivity contribution in [1.29, 1.82) is 0 Å². The first kappa shape index (κ1) is 13.9. The van der Waals surface area contributed by atoms with Crippen molar-refractivity contribution in [1.82, 2.24) is 10.6 Å². The molecule has 0 saturated heterocycles. The second kappa shape index (κ2) is 9.45. The number of carboxylic acids is 1. The van der Waals surface area contributed by atoms with Crippen molar-refractivity contribution < 1.29 is 14.7 Å². The van der Waals surface area contributed by atoms with Gasteiger partial charge in [-0.2, -0.15) is 0 Å². The number of unbranched alkanes of at least 4 members (excludes halogenated alkanes) is 2. The van der Waals surface area contributed by atoms with E-state index in [1.807, 2.05) is 6.92 Å². The summed E-state index contributed by atoms with van der Waals surface area (Å²) in [6.45, 7) is 3.63. The summed E-state index contributed by atoms with van der Waals surface area (Å²) in [6, 6.07) is 0. The van der Waals surface area contributed by atoms with Gasteiger partial charge in [-0.1, -0.05) is 6.42 Å². The molecular formula is C10H20N2O3. The molecule has 15 heavy (non-hydrogen) atoms. The molecule has 3 N–H and O–H groups in total. The van der Waals surface area contributed by atoms with Gasteiger partial charge >= 0.3 is 5.97 Å². The second-order valence-electron chi connectivity index (χ2n) is 3.33. The number of likely N-dealkylation sites (N-methyl/N-ethyl adjacent to an activating group) is 1. The zero-order chi connectivity index (χ0) is 11.5. The molecule has 1 amide bonds. The molecule has 5 heteroatoms. The summed E-state index contributed by atoms with van der Waals surface area (Å²) in [5.41, 5.74) is 0. The lowest BCUT2D eigenvalue weighted by molar-refractivity contribution is -0.137. The lowest BCUT2D eigenvalue weighted by atomic mass is 10.2. The molecule has 0 fully saturated rings. The van der Waals surface area contributed by atoms with Crippen LogP contribution in [-0.4, -0.2) is 36.6 Å². The summed E-state index contributed by atoms with van der Waals surface area (Å²) in [4.78, 5) is 21.2. The minimum absolute atomic E-state index is 0.00281. The maximum Gasteiger partial charge on any atom is 0.303 e. The Morgan fingerprint density at radius 2 is 1.93 bits per heavy atom. The number of amides is 1. The van der Waals surface area contributed by atoms with Crippen molar-refractivity contribution in [2.45, 2.75) is 32.6 Å². The van der Waals surface area contributed by atoms with Gasteiger partial charge in [0.05, 0.1) is 6.54 Å². The van der Waals surface area contributed by atoms with E-state index in [1.165, 1.54) is 0 Å². The van der Waals surface area contributed by atoms with Gasteiger partial charge in [-0.15, -0.1) is 0 Å². The van der Waals surface area contributed by atoms with Gasteiger partial charge in [0.2, 0.25) is 5.91 Å². The molecular weight excluding hydrogens is 196 g/mol. The van der Waals surface area contributed by atoms with Gasteiger partial charge in [0.15, 0.2) is 0 Å². The molecule has 0 spiro atoms. The van der Waals surface area contributed by atoms with Gasteiger partial charge in [-0.05, 0) is 26.3 Å². The fraction of sp³-hybridized carbons (Fsp3) is 0.800. The van der Waals surface area contributed by atoms with E-state index in [-0.39, 0.29) is 12.3 Å². The van der Waals surface area contributed by atoms with E-state index in [2.05, 4.69) is 10.6 Å². The fourth-order valence-corrected chi connectivity index (χ4v) is 1.16. The number of rotatable bonds is 9. The van der Waals surface area contributed by atoms with Gasteiger partial charge in [-0.3, -0.25) is 9.59 Å². The second-order valence-corrected chi connectivity index (χ2v) is 3.33. The molecule has 0 atom stereocenters. The number of hydrogen-bond donors (Lipinski definition) is 3. The van der Waals surface area contributed by atoms with Crippen LogP contribution in [0.5, 0.6) is 0 Å². The molecule has 0 heterocycles. The van der Waals surface area contributed by atoms with Crippen LogP contribution in [0.15, 0.2) is 0 Å². The Bertz CT molecular complexity index is 195. The molecule has 0 radical (unpaired) electrons. The third-order valence-electron chi connectivity index (χ3n) is 1.90. The normalized spacial score (nSPS) is 9.93. The zero-order valence-electron chi connectivity index (χ0n) is 9.21. The molecule has 88 valence electrons. The summed E-state index contributed by atoms with van der Waals surface area (Å²) < 4.78 is 0. The molecule has 5 nitrogen and oxygen atoms in total. The molecule has 0 bridgehead atoms. The fourth-order valence-electron chi connectivity index (χ4n) is 1.16. The molecule has 0 aromatic carbocycles. The maximum absolute atomic E-state index is 11.0. The number of carbonyl (C=O) groups excluding carboxylic acids is 1. The van der Waals surface area contributed by atoms with Crippen molar-refractivity contribution in [3.63, 3.8) is 0 Å². The molecule has 0 aromatic rings. The summed E-state index contributed by atoms with van der Waals surface area (Å²) >= 11 is 0. The average molecular weight is 216 g/mol. The number of nitrogens with one attached hydrogen (secondary N) is 2. The predicted molar refractivity (Wildman–Crippen MR) is 57.7 cm³/mol. The highest BCUT2D eigenvalue weighted by Gasteiger charge is 1.98. The summed E-state index contributed by atoms with van der Waals surface area (Å²) in [5.74, 6) is -0.742. The van der Waals surface area contributed by atoms with Gasteiger partial charge in [0.25, 0.3) is 0 Å². The minimum Gasteiger partial charge on any atom is -0.481 e. The molecule has 0 aliphatic heterocycles. The van der Waals surface area contributed by atoms with Crippen LogP contribution in [-0.2, 0) is 9.59 Å². The highest BCUT2D eigenvalue weighted by atomic mass is 16.4. The Morgan fingerprint density at radius 3 is 2.53 bits per heavy atom. The van der Waals surface area contributed by atoms with Gasteiger partial charge in [0.1, 0.15) is 0 Å². The third kappa shape index (κ3) is 10.8. The first-order valence-corrected chi connectivity index (χ1v) is 5.36. The Kier molecular flexibility index (Phi) is 8.76. The summed E-state index contributed by atoms with van der Waals surface area (Å²) in [6.07, 6.45) is 2.73. The number of aliphatic carboxylic acids is 1. The van der Waals surface area contributed by atoms with Crippen LogP contribution in [0.1, 0.15) is 32.6 Å². The van der Waals surface area contributed by atoms with Crippen LogP contribution >= 0.6 is 0 Å². The van der Waals surface area contributed by atoms with Crippen LogP contribution in [0.4, 0.5) is 0 Å². The van der Waals surface area contributed by atoms with Gasteiger partial charge < -0.3 is 15.7 Å². The van der Waals surface area contributed by atoms with E-state index >= 15 is 0 Å². The third-order valence-corrected chi connectivity index (χ3v) is 1.90. The molecule has 0 saturated carbocycles. The Morgan fingerprint density at radius 1 is 1.20 bits per heavy atom. The number of hydrogen-bond acceptors (Lipinski definition) is 3. The van der Waals surface area contributed by atoms with Crippen molar-refractivity contribution in [3.8, 4) is 0 Å². The summed E-state index contributed by atoms with van der Waals surface area (Å²) in [5, 5.41) is 14.1. The summed E-state index contributed by atoms with van der Waals surface area (Å²) in [7, 11) is 0. The van der Waals surface area contributed by atoms with Crippen LogP contribution < -0.4 is 10.6 Å². The number of carbonyl (C=O) groups is 2. The average Bonchev–Trinajstić information content (AvgIpc) is 2.16. The first-order valence-electron chi connectivity index (χ1n) is 5.36. The topological polar surface area (TPSA) is 78.4 Å². The van der Waals surface area contributed by atoms with Crippen LogP contribution in [0, 0.1) is 0 Å². The van der Waals surface area contributed by atoms with E-state index < -0.39 is 5.97 Å². The predicted octanol–water partition coefficient (Wildman–Crippen LogP) is 0.357. The molecule has 0 aliphatic rings. The van der Waals surface area contributed by atoms with E-state index in [4.69, 9.17) is 5.11 Å². The van der Waals surface area contributed by atoms with Crippen molar-refractivity contribution in [2.75, 3.05) is 19.6 Å². The van der Waals surface area contributed by atoms with Crippen LogP contribution in [0.3, 0.4) is 0 Å². The van der Waals surface area contributed by atoms with Crippen molar-refractivity contribution >= 4 is 11.9 Å². The highest BCUT2D eigenvalue weighted by molar-refractivity contribution is 5.77. The molecule has 0 aliphatic carbocycles. The van der Waals surface area contributed by atoms with E-state index in [0.29, 0.717) is 19.5 Å². The maximum atomic E-state index is 11.0. The highest BCUT2D eigenvalue weighted by Crippen LogP contribution is 1.98. The van der Waals surface area contributed by atoms with Gasteiger partial charge in [-0.25, -0.2) is 0 Å². The van der Waals surface area contributed by atoms with Crippen LogP contribution in [0.2, 0.25) is 0 Å². The SMILES string of the molecule is CCNC(=O)CNCCCCCC(=O)O. The zero-order valence-corrected chi connectivity index (χ0v) is 9.21. The Hall–Kier alpha value is -1.10. The van der Waals surface area contributed by atoms with E-state index in [1.54, 1.807) is 0 Å². The van der Waals surface area contributed by atoms with E-state index in [9.17, 15) is 9.59 Å².